The van der Waals surface area contributed by atoms with Gasteiger partial charge >= 0.3 is 17.9 Å². The van der Waals surface area contributed by atoms with Crippen LogP contribution in [0.5, 0.6) is 6.01 Å². The smallest absolute Gasteiger partial charge is 0.415 e. The van der Waals surface area contributed by atoms with E-state index in [-0.39, 0.29) is 17.9 Å². The molecule has 0 bridgehead atoms. The molecule has 0 aromatic carbocycles. The van der Waals surface area contributed by atoms with E-state index in [2.05, 4.69) is 15.2 Å². The van der Waals surface area contributed by atoms with Crippen LogP contribution in [0.25, 0.3) is 0 Å². The molecule has 2 amide bonds. The van der Waals surface area contributed by atoms with Gasteiger partial charge in [-0.25, -0.2) is 4.79 Å². The summed E-state index contributed by atoms with van der Waals surface area (Å²) in [6.07, 6.45) is 1.41. The lowest BCUT2D eigenvalue weighted by Crippen LogP contribution is -2.56. The highest BCUT2D eigenvalue weighted by molar-refractivity contribution is 5.74. The molecule has 1 unspecified atom stereocenters. The Morgan fingerprint density at radius 1 is 1.44 bits per heavy atom. The summed E-state index contributed by atoms with van der Waals surface area (Å²) in [7, 11) is 0. The highest BCUT2D eigenvalue weighted by Gasteiger charge is 2.41. The Balaban J connectivity index is 1.51. The van der Waals surface area contributed by atoms with Gasteiger partial charge in [-0.05, 0) is 25.7 Å². The molecule has 0 radical (unpaired) electrons. The first-order chi connectivity index (χ1) is 11.8. The molecular formula is C15H24N6O4. The minimum absolute atomic E-state index is 0.0228. The van der Waals surface area contributed by atoms with E-state index in [9.17, 15) is 14.9 Å². The number of rotatable bonds is 4. The molecule has 1 saturated heterocycles. The molecule has 0 saturated carbocycles. The molecule has 1 aromatic heterocycles. The highest BCUT2D eigenvalue weighted by atomic mass is 16.6. The van der Waals surface area contributed by atoms with E-state index in [0.29, 0.717) is 32.2 Å². The van der Waals surface area contributed by atoms with Crippen LogP contribution in [0.1, 0.15) is 20.8 Å². The highest BCUT2D eigenvalue weighted by Crippen LogP contribution is 2.31. The van der Waals surface area contributed by atoms with Gasteiger partial charge in [0.15, 0.2) is 0 Å². The van der Waals surface area contributed by atoms with Crippen molar-refractivity contribution in [2.24, 2.45) is 0 Å². The van der Waals surface area contributed by atoms with Gasteiger partial charge in [0.1, 0.15) is 11.8 Å². The molecule has 1 aromatic rings. The average Bonchev–Trinajstić information content (AvgIpc) is 3.02. The Labute approximate surface area is 145 Å². The first kappa shape index (κ1) is 17.5. The Morgan fingerprint density at radius 2 is 2.12 bits per heavy atom. The molecule has 1 N–H and O–H groups in total. The second-order valence-electron chi connectivity index (χ2n) is 7.19. The van der Waals surface area contributed by atoms with Crippen LogP contribution in [0.15, 0.2) is 6.20 Å². The summed E-state index contributed by atoms with van der Waals surface area (Å²) in [6, 6.07) is 0.400. The first-order valence-electron chi connectivity index (χ1n) is 8.44. The lowest BCUT2D eigenvalue weighted by atomic mass is 10.1. The minimum Gasteiger partial charge on any atom is -0.436 e. The topological polar surface area (TPSA) is 106 Å². The van der Waals surface area contributed by atoms with Crippen molar-refractivity contribution in [3.05, 3.63) is 16.3 Å². The van der Waals surface area contributed by atoms with Crippen molar-refractivity contribution < 1.29 is 14.5 Å². The van der Waals surface area contributed by atoms with Crippen LogP contribution in [0.3, 0.4) is 0 Å². The zero-order valence-electron chi connectivity index (χ0n) is 14.8. The molecule has 1 fully saturated rings. The SMILES string of the molecule is CC(C)NC(=O)N1CCN(CC2(C)Cn3cc([N+](=O)[O-])nc3O2)CC1. The number of hydrogen-bond donors (Lipinski definition) is 1. The van der Waals surface area contributed by atoms with Gasteiger partial charge in [0, 0.05) is 43.7 Å². The maximum atomic E-state index is 12.0. The molecule has 2 aliphatic heterocycles. The third-order valence-corrected chi connectivity index (χ3v) is 4.39. The number of imidazole rings is 1. The van der Waals surface area contributed by atoms with E-state index in [4.69, 9.17) is 4.74 Å². The van der Waals surface area contributed by atoms with Gasteiger partial charge < -0.3 is 25.1 Å². The van der Waals surface area contributed by atoms with Crippen LogP contribution in [0.4, 0.5) is 10.6 Å². The second kappa shape index (κ2) is 6.51. The predicted octanol–water partition coefficient (Wildman–Crippen LogP) is 0.678. The number of aromatic nitrogens is 2. The maximum Gasteiger partial charge on any atom is 0.415 e. The first-order valence-corrected chi connectivity index (χ1v) is 8.44. The van der Waals surface area contributed by atoms with Crippen LogP contribution in [0.2, 0.25) is 0 Å². The van der Waals surface area contributed by atoms with Crippen molar-refractivity contribution in [2.45, 2.75) is 39.0 Å². The van der Waals surface area contributed by atoms with E-state index in [0.717, 1.165) is 13.1 Å². The van der Waals surface area contributed by atoms with Gasteiger partial charge in [-0.15, -0.1) is 0 Å². The Kier molecular flexibility index (Phi) is 4.55. The van der Waals surface area contributed by atoms with Crippen molar-refractivity contribution in [3.8, 4) is 6.01 Å². The third kappa shape index (κ3) is 3.84. The third-order valence-electron chi connectivity index (χ3n) is 4.39. The number of fused-ring (bicyclic) bond motifs is 1. The summed E-state index contributed by atoms with van der Waals surface area (Å²) in [6.45, 7) is 9.96. The fourth-order valence-electron chi connectivity index (χ4n) is 3.28. The molecule has 10 heteroatoms. The number of carbonyl (C=O) groups excluding carboxylic acids is 1. The zero-order valence-corrected chi connectivity index (χ0v) is 14.8. The van der Waals surface area contributed by atoms with Crippen molar-refractivity contribution in [1.82, 2.24) is 24.7 Å². The molecule has 3 heterocycles. The summed E-state index contributed by atoms with van der Waals surface area (Å²) in [4.78, 5) is 30.3. The number of nitrogens with one attached hydrogen (secondary N) is 1. The standard InChI is InChI=1S/C15H24N6O4/c1-11(2)16-13(22)19-6-4-18(5-7-19)9-15(3)10-20-8-12(21(23)24)17-14(20)25-15/h8,11H,4-7,9-10H2,1-3H3,(H,16,22). The number of carbonyl (C=O) groups is 1. The Morgan fingerprint density at radius 3 is 2.68 bits per heavy atom. The second-order valence-corrected chi connectivity index (χ2v) is 7.19. The van der Waals surface area contributed by atoms with E-state index >= 15 is 0 Å². The monoisotopic (exact) mass is 352 g/mol. The largest absolute Gasteiger partial charge is 0.436 e. The van der Waals surface area contributed by atoms with Gasteiger partial charge in [0.05, 0.1) is 6.54 Å². The number of nitro groups is 1. The molecule has 3 rings (SSSR count). The van der Waals surface area contributed by atoms with E-state index in [1.165, 1.54) is 6.20 Å². The number of ether oxygens (including phenoxy) is 1. The van der Waals surface area contributed by atoms with Gasteiger partial charge in [-0.3, -0.25) is 9.47 Å². The molecule has 1 atom stereocenters. The quantitative estimate of drug-likeness (QED) is 0.631. The number of urea groups is 1. The van der Waals surface area contributed by atoms with Crippen LogP contribution in [-0.2, 0) is 6.54 Å². The normalized spacial score (nSPS) is 23.4. The average molecular weight is 352 g/mol. The van der Waals surface area contributed by atoms with Crippen LogP contribution in [0, 0.1) is 10.1 Å². The minimum atomic E-state index is -0.520. The molecule has 25 heavy (non-hydrogen) atoms. The molecule has 0 aliphatic carbocycles. The van der Waals surface area contributed by atoms with Crippen molar-refractivity contribution >= 4 is 11.8 Å². The summed E-state index contributed by atoms with van der Waals surface area (Å²) in [5.74, 6) is -0.193. The maximum absolute atomic E-state index is 12.0. The molecule has 10 nitrogen and oxygen atoms in total. The molecule has 2 aliphatic rings. The number of piperazine rings is 1. The lowest BCUT2D eigenvalue weighted by Gasteiger charge is -2.38. The van der Waals surface area contributed by atoms with E-state index in [1.807, 2.05) is 25.7 Å². The Bertz CT molecular complexity index is 641. The van der Waals surface area contributed by atoms with Gasteiger partial charge in [-0.2, -0.15) is 0 Å². The predicted molar refractivity (Wildman–Crippen MR) is 89.6 cm³/mol. The number of nitrogens with zero attached hydrogens (tertiary/aromatic N) is 5. The zero-order chi connectivity index (χ0) is 18.2. The van der Waals surface area contributed by atoms with Crippen LogP contribution in [-0.4, -0.2) is 74.7 Å². The lowest BCUT2D eigenvalue weighted by molar-refractivity contribution is -0.389. The summed E-state index contributed by atoms with van der Waals surface area (Å²) < 4.78 is 7.55. The van der Waals surface area contributed by atoms with Crippen molar-refractivity contribution in [2.75, 3.05) is 32.7 Å². The molecule has 138 valence electrons. The van der Waals surface area contributed by atoms with E-state index in [1.54, 1.807) is 4.57 Å². The van der Waals surface area contributed by atoms with Crippen molar-refractivity contribution in [3.63, 3.8) is 0 Å². The number of hydrogen-bond acceptors (Lipinski definition) is 6. The molecule has 0 spiro atoms. The summed E-state index contributed by atoms with van der Waals surface area (Å²) >= 11 is 0. The Hall–Kier alpha value is -2.36. The molecular weight excluding hydrogens is 328 g/mol. The van der Waals surface area contributed by atoms with Crippen molar-refractivity contribution in [1.29, 1.82) is 0 Å². The fourth-order valence-corrected chi connectivity index (χ4v) is 3.28. The van der Waals surface area contributed by atoms with Gasteiger partial charge in [-0.1, -0.05) is 0 Å². The van der Waals surface area contributed by atoms with Crippen LogP contribution >= 0.6 is 0 Å². The summed E-state index contributed by atoms with van der Waals surface area (Å²) in [5, 5.41) is 13.7. The summed E-state index contributed by atoms with van der Waals surface area (Å²) in [5.41, 5.74) is -0.472. The van der Waals surface area contributed by atoms with E-state index < -0.39 is 10.5 Å². The van der Waals surface area contributed by atoms with Gasteiger partial charge in [0.2, 0.25) is 0 Å². The number of amides is 2. The van der Waals surface area contributed by atoms with Gasteiger partial charge in [0.25, 0.3) is 0 Å². The fraction of sp³-hybridized carbons (Fsp3) is 0.733. The van der Waals surface area contributed by atoms with Crippen LogP contribution < -0.4 is 10.1 Å².